The Labute approximate surface area is 148 Å². The molecule has 0 aromatic heterocycles. The molecule has 6 nitrogen and oxygen atoms in total. The average Bonchev–Trinajstić information content (AvgIpc) is 2.52. The SMILES string of the molecule is COC(=O)c1ccc(Br)c(O)c1.O=C(O)c1ccc(Br)c(O)c1. The number of carboxylic acids is 1. The van der Waals surface area contributed by atoms with Gasteiger partial charge < -0.3 is 20.1 Å². The molecule has 2 aromatic carbocycles. The lowest BCUT2D eigenvalue weighted by Gasteiger charge is -2.00. The lowest BCUT2D eigenvalue weighted by Crippen LogP contribution is -2.00. The minimum atomic E-state index is -1.05. The maximum Gasteiger partial charge on any atom is 0.337 e. The molecule has 0 aliphatic heterocycles. The van der Waals surface area contributed by atoms with Crippen molar-refractivity contribution in [3.63, 3.8) is 0 Å². The summed E-state index contributed by atoms with van der Waals surface area (Å²) in [5.74, 6) is -1.55. The van der Waals surface area contributed by atoms with Gasteiger partial charge in [0.05, 0.1) is 27.2 Å². The Morgan fingerprint density at radius 3 is 1.74 bits per heavy atom. The van der Waals surface area contributed by atoms with E-state index in [-0.39, 0.29) is 17.1 Å². The van der Waals surface area contributed by atoms with Crippen molar-refractivity contribution in [1.29, 1.82) is 0 Å². The van der Waals surface area contributed by atoms with E-state index >= 15 is 0 Å². The van der Waals surface area contributed by atoms with Gasteiger partial charge in [-0.25, -0.2) is 9.59 Å². The fraction of sp³-hybridized carbons (Fsp3) is 0.0667. The molecule has 0 aliphatic carbocycles. The first-order chi connectivity index (χ1) is 10.8. The van der Waals surface area contributed by atoms with Gasteiger partial charge in [-0.2, -0.15) is 0 Å². The van der Waals surface area contributed by atoms with E-state index in [9.17, 15) is 14.7 Å². The normalized spacial score (nSPS) is 9.52. The summed E-state index contributed by atoms with van der Waals surface area (Å²) in [5, 5.41) is 26.7. The summed E-state index contributed by atoms with van der Waals surface area (Å²) in [6.07, 6.45) is 0. The number of carboxylic acid groups (broad SMARTS) is 1. The number of halogens is 2. The van der Waals surface area contributed by atoms with E-state index in [1.54, 1.807) is 12.1 Å². The molecule has 2 aromatic rings. The van der Waals surface area contributed by atoms with E-state index in [0.29, 0.717) is 14.5 Å². The number of hydrogen-bond acceptors (Lipinski definition) is 5. The van der Waals surface area contributed by atoms with Crippen molar-refractivity contribution in [2.45, 2.75) is 0 Å². The van der Waals surface area contributed by atoms with Crippen molar-refractivity contribution in [1.82, 2.24) is 0 Å². The maximum absolute atomic E-state index is 10.9. The second-order valence-electron chi connectivity index (χ2n) is 4.13. The number of phenols is 2. The van der Waals surface area contributed by atoms with Gasteiger partial charge in [-0.15, -0.1) is 0 Å². The summed E-state index contributed by atoms with van der Waals surface area (Å²) in [6, 6.07) is 8.57. The number of aromatic carboxylic acids is 1. The van der Waals surface area contributed by atoms with Crippen LogP contribution in [0.15, 0.2) is 45.3 Å². The van der Waals surface area contributed by atoms with Crippen molar-refractivity contribution in [3.8, 4) is 11.5 Å². The molecule has 122 valence electrons. The number of carbonyl (C=O) groups excluding carboxylic acids is 1. The van der Waals surface area contributed by atoms with Crippen LogP contribution in [0.5, 0.6) is 11.5 Å². The second kappa shape index (κ2) is 8.54. The molecule has 8 heteroatoms. The second-order valence-corrected chi connectivity index (χ2v) is 5.84. The highest BCUT2D eigenvalue weighted by atomic mass is 79.9. The molecular formula is C15H12Br2O6. The van der Waals surface area contributed by atoms with Crippen LogP contribution < -0.4 is 0 Å². The molecule has 0 saturated heterocycles. The fourth-order valence-electron chi connectivity index (χ4n) is 1.40. The zero-order valence-corrected chi connectivity index (χ0v) is 15.0. The zero-order valence-electron chi connectivity index (χ0n) is 11.8. The fourth-order valence-corrected chi connectivity index (χ4v) is 1.90. The summed E-state index contributed by atoms with van der Waals surface area (Å²) in [4.78, 5) is 21.3. The van der Waals surface area contributed by atoms with E-state index in [0.717, 1.165) is 0 Å². The van der Waals surface area contributed by atoms with Crippen LogP contribution in [0.2, 0.25) is 0 Å². The van der Waals surface area contributed by atoms with Crippen LogP contribution in [0.4, 0.5) is 0 Å². The van der Waals surface area contributed by atoms with Crippen molar-refractivity contribution >= 4 is 43.8 Å². The molecule has 0 aliphatic rings. The number of methoxy groups -OCH3 is 1. The molecule has 23 heavy (non-hydrogen) atoms. The van der Waals surface area contributed by atoms with Crippen LogP contribution in [-0.2, 0) is 4.74 Å². The molecule has 0 bridgehead atoms. The van der Waals surface area contributed by atoms with Gasteiger partial charge in [0.15, 0.2) is 0 Å². The number of phenolic OH excluding ortho intramolecular Hbond substituents is 2. The van der Waals surface area contributed by atoms with Gasteiger partial charge in [0.1, 0.15) is 11.5 Å². The third-order valence-electron chi connectivity index (χ3n) is 2.56. The van der Waals surface area contributed by atoms with E-state index in [2.05, 4.69) is 36.6 Å². The molecule has 0 saturated carbocycles. The van der Waals surface area contributed by atoms with Gasteiger partial charge in [-0.1, -0.05) is 0 Å². The topological polar surface area (TPSA) is 104 Å². The van der Waals surface area contributed by atoms with Crippen LogP contribution in [0.3, 0.4) is 0 Å². The molecule has 0 radical (unpaired) electrons. The third kappa shape index (κ3) is 5.57. The number of ether oxygens (including phenoxy) is 1. The summed E-state index contributed by atoms with van der Waals surface area (Å²) in [7, 11) is 1.29. The van der Waals surface area contributed by atoms with E-state index < -0.39 is 11.9 Å². The predicted molar refractivity (Wildman–Crippen MR) is 89.9 cm³/mol. The summed E-state index contributed by atoms with van der Waals surface area (Å²) in [6.45, 7) is 0. The van der Waals surface area contributed by atoms with E-state index in [1.807, 2.05) is 0 Å². The molecule has 0 fully saturated rings. The van der Waals surface area contributed by atoms with Gasteiger partial charge in [0, 0.05) is 0 Å². The van der Waals surface area contributed by atoms with Crippen LogP contribution in [0, 0.1) is 0 Å². The molecule has 0 unspecified atom stereocenters. The Balaban J connectivity index is 0.000000231. The van der Waals surface area contributed by atoms with Crippen LogP contribution in [-0.4, -0.2) is 34.4 Å². The number of benzene rings is 2. The number of aromatic hydroxyl groups is 2. The number of rotatable bonds is 2. The maximum atomic E-state index is 10.9. The highest BCUT2D eigenvalue weighted by Gasteiger charge is 2.07. The third-order valence-corrected chi connectivity index (χ3v) is 3.90. The van der Waals surface area contributed by atoms with Gasteiger partial charge in [0.2, 0.25) is 0 Å². The standard InChI is InChI=1S/C8H7BrO3.C7H5BrO3/c1-12-8(11)5-2-3-6(9)7(10)4-5;8-5-2-1-4(7(10)11)3-6(5)9/h2-4,10H,1H3;1-3,9H,(H,10,11). The smallest absolute Gasteiger partial charge is 0.337 e. The van der Waals surface area contributed by atoms with Crippen molar-refractivity contribution in [2.75, 3.05) is 7.11 Å². The van der Waals surface area contributed by atoms with E-state index in [4.69, 9.17) is 10.2 Å². The van der Waals surface area contributed by atoms with E-state index in [1.165, 1.54) is 31.4 Å². The Bertz CT molecular complexity index is 730. The van der Waals surface area contributed by atoms with Crippen LogP contribution in [0.1, 0.15) is 20.7 Å². The lowest BCUT2D eigenvalue weighted by atomic mass is 10.2. The van der Waals surface area contributed by atoms with Crippen LogP contribution >= 0.6 is 31.9 Å². The first-order valence-corrected chi connectivity index (χ1v) is 7.63. The largest absolute Gasteiger partial charge is 0.507 e. The highest BCUT2D eigenvalue weighted by molar-refractivity contribution is 9.10. The lowest BCUT2D eigenvalue weighted by molar-refractivity contribution is 0.0599. The Hall–Kier alpha value is -2.06. The molecule has 0 spiro atoms. The van der Waals surface area contributed by atoms with Crippen LogP contribution in [0.25, 0.3) is 0 Å². The highest BCUT2D eigenvalue weighted by Crippen LogP contribution is 2.25. The summed E-state index contributed by atoms with van der Waals surface area (Å²) in [5.41, 5.74) is 0.406. The molecule has 2 rings (SSSR count). The first-order valence-electron chi connectivity index (χ1n) is 6.05. The molecule has 0 amide bonds. The first kappa shape index (κ1) is 19.0. The Morgan fingerprint density at radius 1 is 0.913 bits per heavy atom. The summed E-state index contributed by atoms with van der Waals surface area (Å²) >= 11 is 6.13. The molecule has 0 atom stereocenters. The average molecular weight is 448 g/mol. The number of hydrogen-bond donors (Lipinski definition) is 3. The number of esters is 1. The Kier molecular flexibility index (Phi) is 7.05. The number of carbonyl (C=O) groups is 2. The van der Waals surface area contributed by atoms with Gasteiger partial charge in [-0.3, -0.25) is 0 Å². The minimum absolute atomic E-state index is 0.0258. The molecular weight excluding hydrogens is 436 g/mol. The van der Waals surface area contributed by atoms with Crippen molar-refractivity contribution in [2.24, 2.45) is 0 Å². The molecule has 3 N–H and O–H groups in total. The quantitative estimate of drug-likeness (QED) is 0.605. The van der Waals surface area contributed by atoms with Gasteiger partial charge in [0.25, 0.3) is 0 Å². The predicted octanol–water partition coefficient (Wildman–Crippen LogP) is 3.79. The monoisotopic (exact) mass is 446 g/mol. The van der Waals surface area contributed by atoms with Crippen molar-refractivity contribution < 1.29 is 29.6 Å². The van der Waals surface area contributed by atoms with Gasteiger partial charge >= 0.3 is 11.9 Å². The Morgan fingerprint density at radius 2 is 1.35 bits per heavy atom. The molecule has 0 heterocycles. The summed E-state index contributed by atoms with van der Waals surface area (Å²) < 4.78 is 5.51. The van der Waals surface area contributed by atoms with Gasteiger partial charge in [-0.05, 0) is 68.3 Å². The van der Waals surface area contributed by atoms with Crippen molar-refractivity contribution in [3.05, 3.63) is 56.5 Å². The zero-order chi connectivity index (χ0) is 17.6. The minimum Gasteiger partial charge on any atom is -0.507 e.